The van der Waals surface area contributed by atoms with Crippen LogP contribution in [0.4, 0.5) is 36.3 Å². The van der Waals surface area contributed by atoms with Gasteiger partial charge < -0.3 is 15.0 Å². The first kappa shape index (κ1) is 21.7. The number of nitrogens with one attached hydrogen (secondary N) is 1. The molecule has 0 fully saturated rings. The number of alkyl halides is 3. The Morgan fingerprint density at radius 3 is 2.33 bits per heavy atom. The smallest absolute Gasteiger partial charge is 0.421 e. The lowest BCUT2D eigenvalue weighted by Gasteiger charge is -2.20. The first-order valence-corrected chi connectivity index (χ1v) is 9.59. The van der Waals surface area contributed by atoms with E-state index >= 15 is 0 Å². The normalized spacial score (nSPS) is 11.3. The van der Waals surface area contributed by atoms with E-state index in [1.807, 2.05) is 6.92 Å². The summed E-state index contributed by atoms with van der Waals surface area (Å²) in [5.41, 5.74) is 0.170. The van der Waals surface area contributed by atoms with Crippen LogP contribution < -0.4 is 15.0 Å². The van der Waals surface area contributed by atoms with Crippen LogP contribution in [0.15, 0.2) is 54.7 Å². The van der Waals surface area contributed by atoms with Crippen LogP contribution in [-0.2, 0) is 6.18 Å². The lowest BCUT2D eigenvalue weighted by Crippen LogP contribution is -2.17. The second-order valence-corrected chi connectivity index (χ2v) is 6.90. The van der Waals surface area contributed by atoms with E-state index in [0.717, 1.165) is 12.6 Å². The molecule has 3 rings (SSSR count). The zero-order valence-corrected chi connectivity index (χ0v) is 17.1. The molecule has 0 aliphatic heterocycles. The summed E-state index contributed by atoms with van der Waals surface area (Å²) < 4.78 is 45.9. The van der Waals surface area contributed by atoms with Gasteiger partial charge in [0.25, 0.3) is 0 Å². The molecule has 2 aromatic carbocycles. The van der Waals surface area contributed by atoms with Gasteiger partial charge in [0.2, 0.25) is 5.95 Å². The fourth-order valence-electron chi connectivity index (χ4n) is 2.61. The Bertz CT molecular complexity index is 979. The van der Waals surface area contributed by atoms with Gasteiger partial charge in [-0.15, -0.1) is 0 Å². The number of hydrogen-bond donors (Lipinski definition) is 1. The highest BCUT2D eigenvalue weighted by molar-refractivity contribution is 6.30. The quantitative estimate of drug-likeness (QED) is 0.461. The third-order valence-corrected chi connectivity index (χ3v) is 4.44. The fraction of sp³-hybridized carbons (Fsp3) is 0.238. The molecule has 0 bridgehead atoms. The monoisotopic (exact) mass is 436 g/mol. The molecule has 1 heterocycles. The first-order valence-electron chi connectivity index (χ1n) is 9.21. The zero-order valence-electron chi connectivity index (χ0n) is 16.4. The highest BCUT2D eigenvalue weighted by Gasteiger charge is 2.35. The molecule has 3 aromatic rings. The van der Waals surface area contributed by atoms with Gasteiger partial charge in [-0.25, -0.2) is 4.98 Å². The van der Waals surface area contributed by atoms with Crippen LogP contribution in [0.3, 0.4) is 0 Å². The Kier molecular flexibility index (Phi) is 6.66. The summed E-state index contributed by atoms with van der Waals surface area (Å²) in [4.78, 5) is 9.63. The minimum absolute atomic E-state index is 0.113. The van der Waals surface area contributed by atoms with Crippen molar-refractivity contribution in [3.63, 3.8) is 0 Å². The van der Waals surface area contributed by atoms with Crippen molar-refractivity contribution in [2.75, 3.05) is 23.9 Å². The fourth-order valence-corrected chi connectivity index (χ4v) is 2.73. The van der Waals surface area contributed by atoms with Gasteiger partial charge in [0.05, 0.1) is 6.61 Å². The predicted molar refractivity (Wildman–Crippen MR) is 112 cm³/mol. The van der Waals surface area contributed by atoms with Crippen LogP contribution in [0.5, 0.6) is 5.75 Å². The molecule has 0 aliphatic carbocycles. The molecular formula is C21H20ClF3N4O. The molecule has 0 amide bonds. The van der Waals surface area contributed by atoms with Gasteiger partial charge in [0.1, 0.15) is 17.1 Å². The van der Waals surface area contributed by atoms with Crippen LogP contribution in [0.1, 0.15) is 18.9 Å². The van der Waals surface area contributed by atoms with Crippen LogP contribution in [0.2, 0.25) is 5.02 Å². The van der Waals surface area contributed by atoms with Crippen molar-refractivity contribution in [3.8, 4) is 5.75 Å². The Balaban J connectivity index is 1.90. The number of anilines is 4. The molecule has 30 heavy (non-hydrogen) atoms. The largest absolute Gasteiger partial charge is 0.494 e. The molecule has 0 saturated heterocycles. The summed E-state index contributed by atoms with van der Waals surface area (Å²) in [7, 11) is 1.68. The summed E-state index contributed by atoms with van der Waals surface area (Å²) >= 11 is 5.84. The van der Waals surface area contributed by atoms with Crippen LogP contribution >= 0.6 is 11.6 Å². The predicted octanol–water partition coefficient (Wildman–Crippen LogP) is 6.45. The Morgan fingerprint density at radius 2 is 1.73 bits per heavy atom. The van der Waals surface area contributed by atoms with Gasteiger partial charge in [-0.3, -0.25) is 0 Å². The number of nitrogens with zero attached hydrogens (tertiary/aromatic N) is 3. The van der Waals surface area contributed by atoms with Crippen molar-refractivity contribution in [3.05, 3.63) is 65.3 Å². The van der Waals surface area contributed by atoms with Crippen molar-refractivity contribution < 1.29 is 17.9 Å². The summed E-state index contributed by atoms with van der Waals surface area (Å²) in [6.45, 7) is 2.62. The van der Waals surface area contributed by atoms with Crippen molar-refractivity contribution in [2.45, 2.75) is 19.5 Å². The number of rotatable bonds is 7. The van der Waals surface area contributed by atoms with E-state index < -0.39 is 11.7 Å². The molecular weight excluding hydrogens is 417 g/mol. The second-order valence-electron chi connectivity index (χ2n) is 6.46. The van der Waals surface area contributed by atoms with E-state index in [1.54, 1.807) is 60.5 Å². The maximum absolute atomic E-state index is 13.4. The van der Waals surface area contributed by atoms with Crippen molar-refractivity contribution >= 4 is 34.7 Å². The number of aromatic nitrogens is 2. The average Bonchev–Trinajstić information content (AvgIpc) is 2.73. The molecule has 0 saturated carbocycles. The van der Waals surface area contributed by atoms with Gasteiger partial charge >= 0.3 is 6.18 Å². The molecule has 0 unspecified atom stereocenters. The lowest BCUT2D eigenvalue weighted by atomic mass is 10.2. The maximum Gasteiger partial charge on any atom is 0.421 e. The van der Waals surface area contributed by atoms with Gasteiger partial charge in [-0.05, 0) is 55.0 Å². The van der Waals surface area contributed by atoms with Crippen molar-refractivity contribution in [2.24, 2.45) is 0 Å². The third-order valence-electron chi connectivity index (χ3n) is 4.19. The van der Waals surface area contributed by atoms with Crippen molar-refractivity contribution in [1.82, 2.24) is 9.97 Å². The number of ether oxygens (including phenoxy) is 1. The standard InChI is InChI=1S/C21H20ClF3N4O/c1-3-12-30-17-10-8-16(9-11-17)29(2)20-26-13-18(21(23,24)25)19(28-20)27-15-6-4-14(22)5-7-15/h4-11,13H,3,12H2,1-2H3,(H,26,27,28). The molecule has 0 aliphatic rings. The summed E-state index contributed by atoms with van der Waals surface area (Å²) in [5.74, 6) is 0.485. The van der Waals surface area contributed by atoms with E-state index in [-0.39, 0.29) is 11.8 Å². The van der Waals surface area contributed by atoms with E-state index in [9.17, 15) is 13.2 Å². The molecule has 158 valence electrons. The van der Waals surface area contributed by atoms with E-state index in [1.165, 1.54) is 0 Å². The van der Waals surface area contributed by atoms with Crippen LogP contribution in [-0.4, -0.2) is 23.6 Å². The average molecular weight is 437 g/mol. The maximum atomic E-state index is 13.4. The molecule has 1 N–H and O–H groups in total. The minimum Gasteiger partial charge on any atom is -0.494 e. The number of hydrogen-bond acceptors (Lipinski definition) is 5. The third kappa shape index (κ3) is 5.33. The summed E-state index contributed by atoms with van der Waals surface area (Å²) in [6, 6.07) is 13.5. The van der Waals surface area contributed by atoms with Crippen molar-refractivity contribution in [1.29, 1.82) is 0 Å². The highest BCUT2D eigenvalue weighted by atomic mass is 35.5. The Hall–Kier alpha value is -3.00. The minimum atomic E-state index is -4.61. The molecule has 0 atom stereocenters. The zero-order chi connectivity index (χ0) is 21.7. The van der Waals surface area contributed by atoms with Crippen LogP contribution in [0.25, 0.3) is 0 Å². The molecule has 0 spiro atoms. The van der Waals surface area contributed by atoms with Gasteiger partial charge in [0.15, 0.2) is 0 Å². The topological polar surface area (TPSA) is 50.3 Å². The number of benzene rings is 2. The Labute approximate surface area is 177 Å². The molecule has 9 heteroatoms. The SMILES string of the molecule is CCCOc1ccc(N(C)c2ncc(C(F)(F)F)c(Nc3ccc(Cl)cc3)n2)cc1. The summed E-state index contributed by atoms with van der Waals surface area (Å²) in [6.07, 6.45) is -2.94. The highest BCUT2D eigenvalue weighted by Crippen LogP contribution is 2.36. The molecule has 5 nitrogen and oxygen atoms in total. The van der Waals surface area contributed by atoms with Gasteiger partial charge in [-0.2, -0.15) is 18.2 Å². The van der Waals surface area contributed by atoms with Crippen LogP contribution in [0, 0.1) is 0 Å². The van der Waals surface area contributed by atoms with E-state index in [4.69, 9.17) is 16.3 Å². The lowest BCUT2D eigenvalue weighted by molar-refractivity contribution is -0.137. The summed E-state index contributed by atoms with van der Waals surface area (Å²) in [5, 5.41) is 3.19. The van der Waals surface area contributed by atoms with E-state index in [0.29, 0.717) is 28.8 Å². The molecule has 0 radical (unpaired) electrons. The van der Waals surface area contributed by atoms with Gasteiger partial charge in [-0.1, -0.05) is 18.5 Å². The number of halogens is 4. The van der Waals surface area contributed by atoms with E-state index in [2.05, 4.69) is 15.3 Å². The second kappa shape index (κ2) is 9.21. The first-order chi connectivity index (χ1) is 14.3. The molecule has 1 aromatic heterocycles. The van der Waals surface area contributed by atoms with Gasteiger partial charge in [0, 0.05) is 29.6 Å². The Morgan fingerprint density at radius 1 is 1.07 bits per heavy atom.